The molecule has 1 N–H and O–H groups in total. The predicted molar refractivity (Wildman–Crippen MR) is 86.2 cm³/mol. The third-order valence-corrected chi connectivity index (χ3v) is 4.03. The summed E-state index contributed by atoms with van der Waals surface area (Å²) in [4.78, 5) is 0. The smallest absolute Gasteiger partial charge is 0.142 e. The van der Waals surface area contributed by atoms with Gasteiger partial charge in [-0.05, 0) is 49.7 Å². The molecule has 0 saturated carbocycles. The zero-order valence-electron chi connectivity index (χ0n) is 12.0. The van der Waals surface area contributed by atoms with Crippen molar-refractivity contribution in [1.29, 1.82) is 0 Å². The zero-order chi connectivity index (χ0) is 15.6. The molecule has 0 aliphatic rings. The Morgan fingerprint density at radius 1 is 1.19 bits per heavy atom. The van der Waals surface area contributed by atoms with Gasteiger partial charge in [-0.25, -0.2) is 4.39 Å². The molecule has 5 heteroatoms. The van der Waals surface area contributed by atoms with Crippen LogP contribution in [0.15, 0.2) is 30.3 Å². The van der Waals surface area contributed by atoms with E-state index in [0.29, 0.717) is 10.6 Å². The van der Waals surface area contributed by atoms with Crippen molar-refractivity contribution >= 4 is 28.9 Å². The van der Waals surface area contributed by atoms with Gasteiger partial charge in [-0.2, -0.15) is 0 Å². The van der Waals surface area contributed by atoms with Gasteiger partial charge in [-0.1, -0.05) is 23.2 Å². The molecule has 21 heavy (non-hydrogen) atoms. The standard InChI is InChI=1S/C16H16Cl2FNO/c1-9-8-11(21-3)4-7-14(9)20-10(2)15-12(17)5-6-13(19)16(15)18/h4-8,10,20H,1-3H3. The fourth-order valence-electron chi connectivity index (χ4n) is 2.17. The topological polar surface area (TPSA) is 21.3 Å². The summed E-state index contributed by atoms with van der Waals surface area (Å²) in [6.07, 6.45) is 0. The molecule has 0 aliphatic carbocycles. The van der Waals surface area contributed by atoms with Crippen molar-refractivity contribution in [3.8, 4) is 5.75 Å². The molecule has 0 radical (unpaired) electrons. The molecular weight excluding hydrogens is 312 g/mol. The summed E-state index contributed by atoms with van der Waals surface area (Å²) < 4.78 is 18.8. The van der Waals surface area contributed by atoms with Gasteiger partial charge in [-0.15, -0.1) is 0 Å². The van der Waals surface area contributed by atoms with Crippen molar-refractivity contribution in [1.82, 2.24) is 0 Å². The van der Waals surface area contributed by atoms with Crippen molar-refractivity contribution < 1.29 is 9.13 Å². The van der Waals surface area contributed by atoms with E-state index in [4.69, 9.17) is 27.9 Å². The van der Waals surface area contributed by atoms with Gasteiger partial charge in [0.15, 0.2) is 0 Å². The third-order valence-electron chi connectivity index (χ3n) is 3.32. The van der Waals surface area contributed by atoms with E-state index in [0.717, 1.165) is 17.0 Å². The van der Waals surface area contributed by atoms with Crippen LogP contribution in [-0.2, 0) is 0 Å². The van der Waals surface area contributed by atoms with Gasteiger partial charge < -0.3 is 10.1 Å². The number of methoxy groups -OCH3 is 1. The lowest BCUT2D eigenvalue weighted by molar-refractivity contribution is 0.414. The largest absolute Gasteiger partial charge is 0.497 e. The molecule has 0 heterocycles. The number of rotatable bonds is 4. The summed E-state index contributed by atoms with van der Waals surface area (Å²) in [5, 5.41) is 3.78. The summed E-state index contributed by atoms with van der Waals surface area (Å²) in [5.41, 5.74) is 2.48. The summed E-state index contributed by atoms with van der Waals surface area (Å²) in [6.45, 7) is 3.85. The summed E-state index contributed by atoms with van der Waals surface area (Å²) >= 11 is 12.2. The van der Waals surface area contributed by atoms with E-state index < -0.39 is 5.82 Å². The fraction of sp³-hybridized carbons (Fsp3) is 0.250. The number of halogens is 3. The molecule has 0 bridgehead atoms. The number of ether oxygens (including phenoxy) is 1. The second-order valence-corrected chi connectivity index (χ2v) is 5.59. The highest BCUT2D eigenvalue weighted by Crippen LogP contribution is 2.34. The van der Waals surface area contributed by atoms with Crippen LogP contribution < -0.4 is 10.1 Å². The van der Waals surface area contributed by atoms with E-state index in [2.05, 4.69) is 5.32 Å². The van der Waals surface area contributed by atoms with Crippen LogP contribution in [0.4, 0.5) is 10.1 Å². The van der Waals surface area contributed by atoms with Gasteiger partial charge in [0.1, 0.15) is 11.6 Å². The van der Waals surface area contributed by atoms with Gasteiger partial charge in [0.05, 0.1) is 18.2 Å². The second kappa shape index (κ2) is 6.54. The highest BCUT2D eigenvalue weighted by Gasteiger charge is 2.17. The SMILES string of the molecule is COc1ccc(NC(C)c2c(Cl)ccc(F)c2Cl)c(C)c1. The van der Waals surface area contributed by atoms with Gasteiger partial charge in [0.25, 0.3) is 0 Å². The maximum atomic E-state index is 13.6. The number of hydrogen-bond donors (Lipinski definition) is 1. The molecule has 2 nitrogen and oxygen atoms in total. The zero-order valence-corrected chi connectivity index (χ0v) is 13.5. The molecule has 2 rings (SSSR count). The van der Waals surface area contributed by atoms with Crippen LogP contribution in [0.5, 0.6) is 5.75 Å². The summed E-state index contributed by atoms with van der Waals surface area (Å²) in [5.74, 6) is 0.309. The number of nitrogens with one attached hydrogen (secondary N) is 1. The summed E-state index contributed by atoms with van der Waals surface area (Å²) in [7, 11) is 1.62. The molecule has 1 unspecified atom stereocenters. The molecule has 2 aromatic carbocycles. The van der Waals surface area contributed by atoms with Crippen molar-refractivity contribution in [2.75, 3.05) is 12.4 Å². The quantitative estimate of drug-likeness (QED) is 0.735. The van der Waals surface area contributed by atoms with Crippen LogP contribution >= 0.6 is 23.2 Å². The highest BCUT2D eigenvalue weighted by molar-refractivity contribution is 6.36. The lowest BCUT2D eigenvalue weighted by Crippen LogP contribution is -2.09. The van der Waals surface area contributed by atoms with E-state index in [9.17, 15) is 4.39 Å². The van der Waals surface area contributed by atoms with Crippen LogP contribution in [0.1, 0.15) is 24.1 Å². The van der Waals surface area contributed by atoms with Gasteiger partial charge in [0.2, 0.25) is 0 Å². The van der Waals surface area contributed by atoms with E-state index in [1.807, 2.05) is 32.0 Å². The van der Waals surface area contributed by atoms with Crippen molar-refractivity contribution in [2.45, 2.75) is 19.9 Å². The van der Waals surface area contributed by atoms with Crippen molar-refractivity contribution in [3.63, 3.8) is 0 Å². The number of anilines is 1. The van der Waals surface area contributed by atoms with Crippen LogP contribution in [0, 0.1) is 12.7 Å². The lowest BCUT2D eigenvalue weighted by atomic mass is 10.1. The molecule has 2 aromatic rings. The monoisotopic (exact) mass is 327 g/mol. The van der Waals surface area contributed by atoms with Crippen molar-refractivity contribution in [3.05, 3.63) is 57.3 Å². The Labute approximate surface area is 133 Å². The Balaban J connectivity index is 2.30. The van der Waals surface area contributed by atoms with E-state index in [1.165, 1.54) is 12.1 Å². The molecule has 0 saturated heterocycles. The van der Waals surface area contributed by atoms with E-state index in [1.54, 1.807) is 7.11 Å². The normalized spacial score (nSPS) is 12.1. The van der Waals surface area contributed by atoms with Gasteiger partial charge in [0, 0.05) is 16.3 Å². The van der Waals surface area contributed by atoms with E-state index in [-0.39, 0.29) is 11.1 Å². The minimum atomic E-state index is -0.476. The molecule has 0 aliphatic heterocycles. The van der Waals surface area contributed by atoms with Crippen LogP contribution in [-0.4, -0.2) is 7.11 Å². The first kappa shape index (κ1) is 15.9. The Kier molecular flexibility index (Phi) is 4.96. The molecule has 1 atom stereocenters. The first-order valence-corrected chi connectivity index (χ1v) is 7.24. The average molecular weight is 328 g/mol. The highest BCUT2D eigenvalue weighted by atomic mass is 35.5. The number of benzene rings is 2. The lowest BCUT2D eigenvalue weighted by Gasteiger charge is -2.20. The first-order chi connectivity index (χ1) is 9.93. The Morgan fingerprint density at radius 2 is 1.90 bits per heavy atom. The minimum absolute atomic E-state index is 0.0497. The third kappa shape index (κ3) is 3.42. The molecule has 112 valence electrons. The number of hydrogen-bond acceptors (Lipinski definition) is 2. The fourth-order valence-corrected chi connectivity index (χ4v) is 2.87. The van der Waals surface area contributed by atoms with Gasteiger partial charge in [-0.3, -0.25) is 0 Å². The Bertz CT molecular complexity index is 661. The van der Waals surface area contributed by atoms with Crippen LogP contribution in [0.25, 0.3) is 0 Å². The molecule has 0 aromatic heterocycles. The maximum Gasteiger partial charge on any atom is 0.142 e. The first-order valence-electron chi connectivity index (χ1n) is 6.48. The summed E-state index contributed by atoms with van der Waals surface area (Å²) in [6, 6.07) is 8.23. The molecule has 0 spiro atoms. The Morgan fingerprint density at radius 3 is 2.52 bits per heavy atom. The molecule has 0 amide bonds. The molecule has 0 fully saturated rings. The molecular formula is C16H16Cl2FNO. The Hall–Kier alpha value is -1.45. The van der Waals surface area contributed by atoms with Gasteiger partial charge >= 0.3 is 0 Å². The maximum absolute atomic E-state index is 13.6. The van der Waals surface area contributed by atoms with E-state index >= 15 is 0 Å². The number of aryl methyl sites for hydroxylation is 1. The minimum Gasteiger partial charge on any atom is -0.497 e. The van der Waals surface area contributed by atoms with Crippen molar-refractivity contribution in [2.24, 2.45) is 0 Å². The van der Waals surface area contributed by atoms with Crippen LogP contribution in [0.2, 0.25) is 10.0 Å². The second-order valence-electron chi connectivity index (χ2n) is 4.80. The average Bonchev–Trinajstić information content (AvgIpc) is 2.45. The predicted octanol–water partition coefficient (Wildman–Crippen LogP) is 5.62. The van der Waals surface area contributed by atoms with Crippen LogP contribution in [0.3, 0.4) is 0 Å².